The molecule has 0 aliphatic carbocycles. The Morgan fingerprint density at radius 3 is 2.40 bits per heavy atom. The first-order valence-corrected chi connectivity index (χ1v) is 9.93. The number of aliphatic hydroxyl groups is 1. The molecule has 0 spiro atoms. The summed E-state index contributed by atoms with van der Waals surface area (Å²) in [6.07, 6.45) is 1.03. The Balaban J connectivity index is 1.60. The minimum absolute atomic E-state index is 0.259. The summed E-state index contributed by atoms with van der Waals surface area (Å²) in [5.74, 6) is 2.21. The van der Waals surface area contributed by atoms with Gasteiger partial charge in [-0.1, -0.05) is 36.4 Å². The second kappa shape index (κ2) is 11.4. The van der Waals surface area contributed by atoms with Crippen molar-refractivity contribution in [3.63, 3.8) is 0 Å². The van der Waals surface area contributed by atoms with Crippen molar-refractivity contribution < 1.29 is 23.7 Å². The summed E-state index contributed by atoms with van der Waals surface area (Å²) >= 11 is 0. The monoisotopic (exact) mass is 411 g/mol. The molecule has 3 aromatic rings. The zero-order valence-electron chi connectivity index (χ0n) is 17.5. The molecule has 0 aliphatic heterocycles. The molecular weight excluding hydrogens is 382 g/mol. The highest BCUT2D eigenvalue weighted by atomic mass is 16.5. The van der Waals surface area contributed by atoms with Crippen molar-refractivity contribution in [3.05, 3.63) is 83.8 Å². The van der Waals surface area contributed by atoms with E-state index in [0.717, 1.165) is 16.9 Å². The zero-order valence-corrected chi connectivity index (χ0v) is 17.5. The van der Waals surface area contributed by atoms with E-state index in [1.54, 1.807) is 20.5 Å². The van der Waals surface area contributed by atoms with Crippen LogP contribution in [0.1, 0.15) is 16.9 Å². The molecule has 0 amide bonds. The maximum atomic E-state index is 10.5. The molecule has 0 aliphatic rings. The van der Waals surface area contributed by atoms with Crippen LogP contribution in [-0.2, 0) is 24.4 Å². The Bertz CT molecular complexity index is 867. The molecule has 3 rings (SSSR count). The second-order valence-corrected chi connectivity index (χ2v) is 7.09. The lowest BCUT2D eigenvalue weighted by Crippen LogP contribution is -2.34. The van der Waals surface area contributed by atoms with E-state index >= 15 is 0 Å². The molecule has 1 atom stereocenters. The Labute approximate surface area is 177 Å². The zero-order chi connectivity index (χ0) is 21.2. The molecule has 0 bridgehead atoms. The molecule has 1 N–H and O–H groups in total. The van der Waals surface area contributed by atoms with Gasteiger partial charge in [-0.25, -0.2) is 0 Å². The summed E-state index contributed by atoms with van der Waals surface area (Å²) < 4.78 is 21.9. The van der Waals surface area contributed by atoms with Crippen LogP contribution in [-0.4, -0.2) is 43.5 Å². The van der Waals surface area contributed by atoms with Gasteiger partial charge in [0.05, 0.1) is 46.3 Å². The van der Waals surface area contributed by atoms with Crippen molar-refractivity contribution in [3.8, 4) is 11.5 Å². The van der Waals surface area contributed by atoms with Crippen molar-refractivity contribution >= 4 is 0 Å². The highest BCUT2D eigenvalue weighted by Crippen LogP contribution is 2.28. The first-order valence-electron chi connectivity index (χ1n) is 9.93. The Morgan fingerprint density at radius 2 is 1.70 bits per heavy atom. The van der Waals surface area contributed by atoms with Gasteiger partial charge < -0.3 is 23.7 Å². The number of methoxy groups -OCH3 is 2. The normalized spacial score (nSPS) is 12.1. The van der Waals surface area contributed by atoms with Gasteiger partial charge in [0.1, 0.15) is 5.76 Å². The lowest BCUT2D eigenvalue weighted by atomic mass is 10.1. The number of furan rings is 1. The molecule has 1 aromatic heterocycles. The summed E-state index contributed by atoms with van der Waals surface area (Å²) in [5.41, 5.74) is 2.14. The molecule has 0 saturated heterocycles. The number of nitrogens with zero attached hydrogens (tertiary/aromatic N) is 1. The van der Waals surface area contributed by atoms with Crippen LogP contribution in [0, 0.1) is 0 Å². The molecule has 6 heteroatoms. The third-order valence-corrected chi connectivity index (χ3v) is 4.70. The lowest BCUT2D eigenvalue weighted by molar-refractivity contribution is 0.00613. The van der Waals surface area contributed by atoms with Crippen molar-refractivity contribution in [2.75, 3.05) is 27.4 Å². The number of hydrogen-bond acceptors (Lipinski definition) is 6. The number of hydrogen-bond donors (Lipinski definition) is 1. The quantitative estimate of drug-likeness (QED) is 0.488. The molecule has 2 aromatic carbocycles. The fourth-order valence-electron chi connectivity index (χ4n) is 3.28. The average molecular weight is 411 g/mol. The van der Waals surface area contributed by atoms with E-state index in [1.165, 1.54) is 0 Å². The minimum Gasteiger partial charge on any atom is -0.493 e. The maximum absolute atomic E-state index is 10.5. The third-order valence-electron chi connectivity index (χ3n) is 4.70. The summed E-state index contributed by atoms with van der Waals surface area (Å²) in [7, 11) is 3.24. The van der Waals surface area contributed by atoms with E-state index in [0.29, 0.717) is 37.7 Å². The Hall–Kier alpha value is -2.80. The highest BCUT2D eigenvalue weighted by molar-refractivity contribution is 5.42. The van der Waals surface area contributed by atoms with Crippen LogP contribution in [0.3, 0.4) is 0 Å². The van der Waals surface area contributed by atoms with Gasteiger partial charge in [0.2, 0.25) is 0 Å². The molecule has 0 fully saturated rings. The molecule has 160 valence electrons. The number of benzene rings is 2. The van der Waals surface area contributed by atoms with E-state index < -0.39 is 6.10 Å². The van der Waals surface area contributed by atoms with Crippen LogP contribution in [0.2, 0.25) is 0 Å². The van der Waals surface area contributed by atoms with Gasteiger partial charge in [-0.2, -0.15) is 0 Å². The molecule has 0 saturated carbocycles. The summed E-state index contributed by atoms with van der Waals surface area (Å²) in [5, 5.41) is 10.5. The highest BCUT2D eigenvalue weighted by Gasteiger charge is 2.16. The van der Waals surface area contributed by atoms with Crippen molar-refractivity contribution in [1.29, 1.82) is 0 Å². The predicted molar refractivity (Wildman–Crippen MR) is 114 cm³/mol. The summed E-state index contributed by atoms with van der Waals surface area (Å²) in [6, 6.07) is 19.6. The van der Waals surface area contributed by atoms with E-state index in [-0.39, 0.29) is 6.61 Å². The standard InChI is InChI=1S/C24H29NO5/c1-27-23-11-10-20(13-24(23)28-2)14-25(16-22-9-6-12-30-22)15-21(26)18-29-17-19-7-4-3-5-8-19/h3-13,21,26H,14-18H2,1-2H3/t21-/m0/s1. The maximum Gasteiger partial charge on any atom is 0.161 e. The van der Waals surface area contributed by atoms with Crippen molar-refractivity contribution in [2.24, 2.45) is 0 Å². The smallest absolute Gasteiger partial charge is 0.161 e. The first-order chi connectivity index (χ1) is 14.7. The van der Waals surface area contributed by atoms with E-state index in [2.05, 4.69) is 4.90 Å². The van der Waals surface area contributed by atoms with Gasteiger partial charge in [-0.05, 0) is 35.4 Å². The second-order valence-electron chi connectivity index (χ2n) is 7.09. The largest absolute Gasteiger partial charge is 0.493 e. The van der Waals surface area contributed by atoms with E-state index in [1.807, 2.05) is 60.7 Å². The topological polar surface area (TPSA) is 64.3 Å². The molecule has 0 radical (unpaired) electrons. The molecule has 0 unspecified atom stereocenters. The first kappa shape index (κ1) is 21.9. The molecule has 6 nitrogen and oxygen atoms in total. The Kier molecular flexibility index (Phi) is 8.32. The fraction of sp³-hybridized carbons (Fsp3) is 0.333. The van der Waals surface area contributed by atoms with E-state index in [9.17, 15) is 5.11 Å². The minimum atomic E-state index is -0.621. The number of ether oxygens (including phenoxy) is 3. The van der Waals surface area contributed by atoms with Gasteiger partial charge in [-0.15, -0.1) is 0 Å². The fourth-order valence-corrected chi connectivity index (χ4v) is 3.28. The summed E-state index contributed by atoms with van der Waals surface area (Å²) in [4.78, 5) is 2.12. The number of rotatable bonds is 12. The molecular formula is C24H29NO5. The predicted octanol–water partition coefficient (Wildman–Crippen LogP) is 3.88. The van der Waals surface area contributed by atoms with Crippen molar-refractivity contribution in [1.82, 2.24) is 4.90 Å². The van der Waals surface area contributed by atoms with Crippen LogP contribution >= 0.6 is 0 Å². The molecule has 30 heavy (non-hydrogen) atoms. The van der Waals surface area contributed by atoms with Crippen LogP contribution < -0.4 is 9.47 Å². The van der Waals surface area contributed by atoms with Gasteiger partial charge >= 0.3 is 0 Å². The van der Waals surface area contributed by atoms with Gasteiger partial charge in [0.25, 0.3) is 0 Å². The van der Waals surface area contributed by atoms with Crippen LogP contribution in [0.5, 0.6) is 11.5 Å². The third kappa shape index (κ3) is 6.62. The average Bonchev–Trinajstić information content (AvgIpc) is 3.27. The number of aliphatic hydroxyl groups excluding tert-OH is 1. The van der Waals surface area contributed by atoms with E-state index in [4.69, 9.17) is 18.6 Å². The van der Waals surface area contributed by atoms with Crippen LogP contribution in [0.4, 0.5) is 0 Å². The SMILES string of the molecule is COc1ccc(CN(Cc2ccco2)C[C@H](O)COCc2ccccc2)cc1OC. The van der Waals surface area contributed by atoms with Gasteiger partial charge in [0, 0.05) is 13.1 Å². The van der Waals surface area contributed by atoms with Gasteiger partial charge in [-0.3, -0.25) is 4.90 Å². The van der Waals surface area contributed by atoms with Crippen LogP contribution in [0.25, 0.3) is 0 Å². The molecule has 1 heterocycles. The van der Waals surface area contributed by atoms with Crippen molar-refractivity contribution in [2.45, 2.75) is 25.8 Å². The lowest BCUT2D eigenvalue weighted by Gasteiger charge is -2.24. The van der Waals surface area contributed by atoms with Crippen LogP contribution in [0.15, 0.2) is 71.3 Å². The Morgan fingerprint density at radius 1 is 0.900 bits per heavy atom. The van der Waals surface area contributed by atoms with Gasteiger partial charge in [0.15, 0.2) is 11.5 Å². The summed E-state index contributed by atoms with van der Waals surface area (Å²) in [6.45, 7) is 2.39.